The lowest BCUT2D eigenvalue weighted by molar-refractivity contribution is -0.148. The number of aromatic nitrogens is 1. The molecule has 0 unspecified atom stereocenters. The van der Waals surface area contributed by atoms with E-state index in [1.54, 1.807) is 11.3 Å². The molecule has 0 aliphatic rings. The highest BCUT2D eigenvalue weighted by molar-refractivity contribution is 7.09. The molecule has 0 radical (unpaired) electrons. The van der Waals surface area contributed by atoms with E-state index < -0.39 is 0 Å². The average molecular weight is 342 g/mol. The summed E-state index contributed by atoms with van der Waals surface area (Å²) in [7, 11) is 0. The number of ether oxygens (including phenoxy) is 1. The number of fused-ring (bicyclic) bond motifs is 1. The molecule has 124 valence electrons. The molecule has 1 aromatic carbocycles. The molecule has 0 aliphatic carbocycles. The number of nitrogens with one attached hydrogen (secondary N) is 2. The SMILES string of the molecule is O=C(COC(=O)CCc1c[nH]c2ccccc12)NCc1cccs1. The van der Waals surface area contributed by atoms with Crippen LogP contribution in [0.4, 0.5) is 0 Å². The Labute approximate surface area is 143 Å². The van der Waals surface area contributed by atoms with Crippen LogP contribution in [0.15, 0.2) is 48.0 Å². The number of esters is 1. The predicted molar refractivity (Wildman–Crippen MR) is 93.7 cm³/mol. The van der Waals surface area contributed by atoms with Crippen molar-refractivity contribution in [2.45, 2.75) is 19.4 Å². The van der Waals surface area contributed by atoms with Crippen molar-refractivity contribution in [1.82, 2.24) is 10.3 Å². The lowest BCUT2D eigenvalue weighted by Crippen LogP contribution is -2.28. The number of carbonyl (C=O) groups is 2. The van der Waals surface area contributed by atoms with Crippen LogP contribution >= 0.6 is 11.3 Å². The maximum atomic E-state index is 11.8. The molecule has 3 aromatic rings. The van der Waals surface area contributed by atoms with E-state index in [1.165, 1.54) is 0 Å². The predicted octanol–water partition coefficient (Wildman–Crippen LogP) is 3.02. The van der Waals surface area contributed by atoms with Gasteiger partial charge in [-0.05, 0) is 29.5 Å². The van der Waals surface area contributed by atoms with Crippen LogP contribution in [-0.4, -0.2) is 23.5 Å². The van der Waals surface area contributed by atoms with Crippen LogP contribution in [-0.2, 0) is 27.3 Å². The van der Waals surface area contributed by atoms with Gasteiger partial charge in [0.2, 0.25) is 0 Å². The highest BCUT2D eigenvalue weighted by Gasteiger charge is 2.10. The zero-order valence-corrected chi connectivity index (χ0v) is 13.9. The molecule has 2 N–H and O–H groups in total. The number of rotatable bonds is 7. The monoisotopic (exact) mass is 342 g/mol. The molecule has 2 aromatic heterocycles. The number of thiophene rings is 1. The second-order valence-electron chi connectivity index (χ2n) is 5.38. The summed E-state index contributed by atoms with van der Waals surface area (Å²) in [5.74, 6) is -0.657. The first-order valence-corrected chi connectivity index (χ1v) is 8.60. The molecule has 0 bridgehead atoms. The van der Waals surface area contributed by atoms with Crippen molar-refractivity contribution >= 4 is 34.1 Å². The van der Waals surface area contributed by atoms with Crippen molar-refractivity contribution in [2.75, 3.05) is 6.61 Å². The minimum atomic E-state index is -0.369. The Balaban J connectivity index is 1.40. The van der Waals surface area contributed by atoms with Gasteiger partial charge in [0.05, 0.1) is 6.54 Å². The number of aromatic amines is 1. The first-order valence-electron chi connectivity index (χ1n) is 7.72. The number of aryl methyl sites for hydroxylation is 1. The van der Waals surface area contributed by atoms with Gasteiger partial charge < -0.3 is 15.0 Å². The number of benzene rings is 1. The molecule has 1 amide bonds. The summed E-state index contributed by atoms with van der Waals surface area (Å²) in [5.41, 5.74) is 2.12. The number of para-hydroxylation sites is 1. The topological polar surface area (TPSA) is 71.2 Å². The lowest BCUT2D eigenvalue weighted by atomic mass is 10.1. The fourth-order valence-corrected chi connectivity index (χ4v) is 3.09. The maximum absolute atomic E-state index is 11.8. The van der Waals surface area contributed by atoms with Crippen LogP contribution in [0.2, 0.25) is 0 Å². The largest absolute Gasteiger partial charge is 0.456 e. The van der Waals surface area contributed by atoms with E-state index in [2.05, 4.69) is 10.3 Å². The standard InChI is InChI=1S/C18H18N2O3S/c21-17(20-11-14-4-3-9-24-14)12-23-18(22)8-7-13-10-19-16-6-2-1-5-15(13)16/h1-6,9-10,19H,7-8,11-12H2,(H,20,21). The van der Waals surface area contributed by atoms with Gasteiger partial charge in [0.25, 0.3) is 5.91 Å². The molecule has 0 saturated heterocycles. The molecule has 5 nitrogen and oxygen atoms in total. The quantitative estimate of drug-likeness (QED) is 0.648. The Hall–Kier alpha value is -2.60. The molecule has 0 aliphatic heterocycles. The van der Waals surface area contributed by atoms with Gasteiger partial charge in [0.1, 0.15) is 0 Å². The van der Waals surface area contributed by atoms with Crippen LogP contribution in [0, 0.1) is 0 Å². The van der Waals surface area contributed by atoms with Gasteiger partial charge >= 0.3 is 5.97 Å². The van der Waals surface area contributed by atoms with Gasteiger partial charge in [0, 0.05) is 28.4 Å². The zero-order valence-electron chi connectivity index (χ0n) is 13.1. The van der Waals surface area contributed by atoms with E-state index in [0.29, 0.717) is 13.0 Å². The van der Waals surface area contributed by atoms with E-state index in [-0.39, 0.29) is 24.9 Å². The van der Waals surface area contributed by atoms with Crippen molar-refractivity contribution in [3.8, 4) is 0 Å². The Morgan fingerprint density at radius 2 is 2.04 bits per heavy atom. The third-order valence-electron chi connectivity index (χ3n) is 3.68. The first-order chi connectivity index (χ1) is 11.7. The van der Waals surface area contributed by atoms with Crippen LogP contribution < -0.4 is 5.32 Å². The highest BCUT2D eigenvalue weighted by Crippen LogP contribution is 2.19. The normalized spacial score (nSPS) is 10.7. The summed E-state index contributed by atoms with van der Waals surface area (Å²) < 4.78 is 5.03. The summed E-state index contributed by atoms with van der Waals surface area (Å²) in [6, 6.07) is 11.8. The second kappa shape index (κ2) is 7.79. The van der Waals surface area contributed by atoms with Crippen LogP contribution in [0.1, 0.15) is 16.9 Å². The van der Waals surface area contributed by atoms with E-state index in [0.717, 1.165) is 21.3 Å². The molecule has 0 fully saturated rings. The van der Waals surface area contributed by atoms with Gasteiger partial charge in [-0.25, -0.2) is 0 Å². The smallest absolute Gasteiger partial charge is 0.306 e. The minimum Gasteiger partial charge on any atom is -0.456 e. The fourth-order valence-electron chi connectivity index (χ4n) is 2.44. The van der Waals surface area contributed by atoms with E-state index >= 15 is 0 Å². The van der Waals surface area contributed by atoms with Crippen LogP contribution in [0.5, 0.6) is 0 Å². The van der Waals surface area contributed by atoms with Crippen LogP contribution in [0.3, 0.4) is 0 Å². The van der Waals surface area contributed by atoms with E-state index in [1.807, 2.05) is 48.0 Å². The summed E-state index contributed by atoms with van der Waals surface area (Å²) >= 11 is 1.57. The lowest BCUT2D eigenvalue weighted by Gasteiger charge is -2.05. The van der Waals surface area contributed by atoms with Crippen molar-refractivity contribution in [3.05, 3.63) is 58.4 Å². The average Bonchev–Trinajstić information content (AvgIpc) is 3.26. The van der Waals surface area contributed by atoms with Gasteiger partial charge in [0.15, 0.2) is 6.61 Å². The highest BCUT2D eigenvalue weighted by atomic mass is 32.1. The number of amides is 1. The maximum Gasteiger partial charge on any atom is 0.306 e. The minimum absolute atomic E-state index is 0.238. The summed E-state index contributed by atoms with van der Waals surface area (Å²) in [5, 5.41) is 5.78. The molecule has 0 saturated carbocycles. The first kappa shape index (κ1) is 16.3. The number of H-pyrrole nitrogens is 1. The molecule has 6 heteroatoms. The molecule has 24 heavy (non-hydrogen) atoms. The third-order valence-corrected chi connectivity index (χ3v) is 4.55. The van der Waals surface area contributed by atoms with Gasteiger partial charge in [-0.15, -0.1) is 11.3 Å². The van der Waals surface area contributed by atoms with Crippen molar-refractivity contribution in [3.63, 3.8) is 0 Å². The van der Waals surface area contributed by atoms with Gasteiger partial charge in [-0.1, -0.05) is 24.3 Å². The van der Waals surface area contributed by atoms with E-state index in [9.17, 15) is 9.59 Å². The number of carbonyl (C=O) groups excluding carboxylic acids is 2. The number of hydrogen-bond acceptors (Lipinski definition) is 4. The Kier molecular flexibility index (Phi) is 5.28. The molecular formula is C18H18N2O3S. The number of hydrogen-bond donors (Lipinski definition) is 2. The molecule has 0 spiro atoms. The van der Waals surface area contributed by atoms with Crippen molar-refractivity contribution in [1.29, 1.82) is 0 Å². The Morgan fingerprint density at radius 1 is 1.17 bits per heavy atom. The molecule has 0 atom stereocenters. The zero-order chi connectivity index (χ0) is 16.8. The summed E-state index contributed by atoms with van der Waals surface area (Å²) in [6.45, 7) is 0.224. The van der Waals surface area contributed by atoms with Crippen LogP contribution in [0.25, 0.3) is 10.9 Å². The summed E-state index contributed by atoms with van der Waals surface area (Å²) in [4.78, 5) is 27.7. The van der Waals surface area contributed by atoms with Crippen molar-refractivity contribution in [2.24, 2.45) is 0 Å². The molecule has 2 heterocycles. The molecular weight excluding hydrogens is 324 g/mol. The van der Waals surface area contributed by atoms with E-state index in [4.69, 9.17) is 4.74 Å². The Morgan fingerprint density at radius 3 is 2.88 bits per heavy atom. The fraction of sp³-hybridized carbons (Fsp3) is 0.222. The van der Waals surface area contributed by atoms with Gasteiger partial charge in [-0.3, -0.25) is 9.59 Å². The third kappa shape index (κ3) is 4.23. The molecule has 3 rings (SSSR count). The summed E-state index contributed by atoms with van der Waals surface area (Å²) in [6.07, 6.45) is 2.74. The second-order valence-corrected chi connectivity index (χ2v) is 6.41. The van der Waals surface area contributed by atoms with Gasteiger partial charge in [-0.2, -0.15) is 0 Å². The Bertz CT molecular complexity index is 824. The van der Waals surface area contributed by atoms with Crippen molar-refractivity contribution < 1.29 is 14.3 Å².